The molecule has 1 aromatic carbocycles. The zero-order valence-electron chi connectivity index (χ0n) is 19.0. The Balaban J connectivity index is 1.28. The highest BCUT2D eigenvalue weighted by Gasteiger charge is 2.54. The fourth-order valence-electron chi connectivity index (χ4n) is 5.98. The normalized spacial score (nSPS) is 27.6. The van der Waals surface area contributed by atoms with Crippen LogP contribution in [0, 0.1) is 11.8 Å². The van der Waals surface area contributed by atoms with Gasteiger partial charge in [0.2, 0.25) is 11.8 Å². The number of imide groups is 1. The van der Waals surface area contributed by atoms with Crippen molar-refractivity contribution in [1.82, 2.24) is 19.6 Å². The molecule has 0 aromatic heterocycles. The summed E-state index contributed by atoms with van der Waals surface area (Å²) in [5, 5.41) is 10.2. The van der Waals surface area contributed by atoms with Gasteiger partial charge in [-0.05, 0) is 42.9 Å². The average molecular weight is 489 g/mol. The highest BCUT2D eigenvalue weighted by atomic mass is 35.5. The summed E-state index contributed by atoms with van der Waals surface area (Å²) >= 11 is 6.57. The first-order valence-electron chi connectivity index (χ1n) is 12.0. The molecule has 0 saturated carbocycles. The van der Waals surface area contributed by atoms with Gasteiger partial charge in [0.15, 0.2) is 0 Å². The van der Waals surface area contributed by atoms with E-state index < -0.39 is 12.3 Å². The van der Waals surface area contributed by atoms with Gasteiger partial charge in [-0.15, -0.1) is 0 Å². The second-order valence-corrected chi connectivity index (χ2v) is 10.2. The zero-order chi connectivity index (χ0) is 24.0. The molecule has 4 saturated heterocycles. The minimum absolute atomic E-state index is 0.0143. The topological polar surface area (TPSA) is 101 Å². The Morgan fingerprint density at radius 2 is 1.71 bits per heavy atom. The Labute approximate surface area is 203 Å². The summed E-state index contributed by atoms with van der Waals surface area (Å²) in [5.41, 5.74) is 1.49. The first-order valence-corrected chi connectivity index (χ1v) is 12.4. The molecule has 4 aliphatic heterocycles. The van der Waals surface area contributed by atoms with E-state index in [0.717, 1.165) is 37.9 Å². The molecule has 1 aromatic rings. The van der Waals surface area contributed by atoms with E-state index in [2.05, 4.69) is 4.90 Å². The van der Waals surface area contributed by atoms with E-state index in [4.69, 9.17) is 11.6 Å². The molecule has 0 radical (unpaired) electrons. The molecule has 5 rings (SSSR count). The second kappa shape index (κ2) is 9.19. The van der Waals surface area contributed by atoms with Crippen molar-refractivity contribution in [2.24, 2.45) is 11.8 Å². The molecule has 4 heterocycles. The van der Waals surface area contributed by atoms with Crippen LogP contribution in [0.15, 0.2) is 18.2 Å². The molecule has 0 aliphatic carbocycles. The van der Waals surface area contributed by atoms with Gasteiger partial charge in [-0.2, -0.15) is 0 Å². The van der Waals surface area contributed by atoms with Crippen LogP contribution in [0.3, 0.4) is 0 Å². The molecule has 34 heavy (non-hydrogen) atoms. The number of carbonyl (C=O) groups excluding carboxylic acids is 3. The predicted octanol–water partition coefficient (Wildman–Crippen LogP) is 2.48. The number of hydrogen-bond donors (Lipinski definition) is 1. The van der Waals surface area contributed by atoms with Crippen LogP contribution < -0.4 is 0 Å². The fourth-order valence-corrected chi connectivity index (χ4v) is 6.22. The molecule has 0 spiro atoms. The van der Waals surface area contributed by atoms with Crippen LogP contribution in [0.1, 0.15) is 48.0 Å². The van der Waals surface area contributed by atoms with Gasteiger partial charge in [0.05, 0.1) is 0 Å². The van der Waals surface area contributed by atoms with Gasteiger partial charge in [0, 0.05) is 68.6 Å². The Morgan fingerprint density at radius 3 is 2.35 bits per heavy atom. The van der Waals surface area contributed by atoms with Crippen molar-refractivity contribution in [3.8, 4) is 0 Å². The number of amides is 4. The van der Waals surface area contributed by atoms with Crippen LogP contribution in [0.25, 0.3) is 0 Å². The van der Waals surface area contributed by atoms with Crippen LogP contribution in [-0.2, 0) is 16.1 Å². The number of rotatable bonds is 4. The summed E-state index contributed by atoms with van der Waals surface area (Å²) in [4.78, 5) is 55.9. The van der Waals surface area contributed by atoms with E-state index in [0.29, 0.717) is 36.8 Å². The Kier molecular flexibility index (Phi) is 6.24. The lowest BCUT2D eigenvalue weighted by molar-refractivity contribution is -0.145. The number of carboxylic acid groups (broad SMARTS) is 1. The average Bonchev–Trinajstić information content (AvgIpc) is 3.47. The quantitative estimate of drug-likeness (QED) is 0.653. The molecule has 0 bridgehead atoms. The summed E-state index contributed by atoms with van der Waals surface area (Å²) in [7, 11) is 0. The van der Waals surface area contributed by atoms with Crippen molar-refractivity contribution in [3.05, 3.63) is 34.3 Å². The summed E-state index contributed by atoms with van der Waals surface area (Å²) < 4.78 is 0. The van der Waals surface area contributed by atoms with Crippen molar-refractivity contribution in [1.29, 1.82) is 0 Å². The third-order valence-corrected chi connectivity index (χ3v) is 7.99. The van der Waals surface area contributed by atoms with Crippen LogP contribution in [0.2, 0.25) is 5.02 Å². The monoisotopic (exact) mass is 488 g/mol. The molecule has 3 unspecified atom stereocenters. The van der Waals surface area contributed by atoms with Crippen LogP contribution in [0.5, 0.6) is 0 Å². The standard InChI is InChI=1S/C24H29ClN4O5/c25-19-10-15(23(32)27-8-2-1-3-9-27)4-5-16(19)11-26-12-17-13-28(24(33)34)22(18(17)14-26)29-20(30)6-7-21(29)31/h4-5,10,17-18,22H,1-3,6-9,11-14H2,(H,33,34). The first-order chi connectivity index (χ1) is 16.3. The lowest BCUT2D eigenvalue weighted by Crippen LogP contribution is -2.53. The Bertz CT molecular complexity index is 1010. The van der Waals surface area contributed by atoms with E-state index in [1.54, 1.807) is 6.07 Å². The molecule has 9 nitrogen and oxygen atoms in total. The Hall–Kier alpha value is -2.65. The molecule has 4 amide bonds. The van der Waals surface area contributed by atoms with Crippen molar-refractivity contribution < 1.29 is 24.3 Å². The van der Waals surface area contributed by atoms with Crippen LogP contribution in [-0.4, -0.2) is 87.4 Å². The predicted molar refractivity (Wildman–Crippen MR) is 123 cm³/mol. The van der Waals surface area contributed by atoms with Crippen molar-refractivity contribution in [2.75, 3.05) is 32.7 Å². The highest BCUT2D eigenvalue weighted by Crippen LogP contribution is 2.40. The maximum atomic E-state index is 12.8. The van der Waals surface area contributed by atoms with E-state index in [-0.39, 0.29) is 42.4 Å². The lowest BCUT2D eigenvalue weighted by Gasteiger charge is -2.33. The van der Waals surface area contributed by atoms with Crippen molar-refractivity contribution in [2.45, 2.75) is 44.8 Å². The number of halogens is 1. The van der Waals surface area contributed by atoms with Gasteiger partial charge in [0.25, 0.3) is 5.91 Å². The van der Waals surface area contributed by atoms with E-state index in [9.17, 15) is 24.3 Å². The number of fused-ring (bicyclic) bond motifs is 1. The molecular weight excluding hydrogens is 460 g/mol. The molecular formula is C24H29ClN4O5. The van der Waals surface area contributed by atoms with E-state index in [1.165, 1.54) is 9.80 Å². The maximum Gasteiger partial charge on any atom is 0.408 e. The smallest absolute Gasteiger partial charge is 0.408 e. The minimum atomic E-state index is -1.10. The molecule has 4 fully saturated rings. The molecule has 182 valence electrons. The van der Waals surface area contributed by atoms with Crippen molar-refractivity contribution in [3.63, 3.8) is 0 Å². The molecule has 10 heteroatoms. The summed E-state index contributed by atoms with van der Waals surface area (Å²) in [6, 6.07) is 5.45. The molecule has 4 aliphatic rings. The van der Waals surface area contributed by atoms with Gasteiger partial charge < -0.3 is 10.0 Å². The molecule has 3 atom stereocenters. The van der Waals surface area contributed by atoms with Gasteiger partial charge in [-0.3, -0.25) is 29.1 Å². The van der Waals surface area contributed by atoms with Crippen molar-refractivity contribution >= 4 is 35.4 Å². The number of likely N-dealkylation sites (tertiary alicyclic amines) is 4. The Morgan fingerprint density at radius 1 is 1.00 bits per heavy atom. The number of carbonyl (C=O) groups is 4. The molecule has 1 N–H and O–H groups in total. The maximum absolute atomic E-state index is 12.8. The number of nitrogens with zero attached hydrogens (tertiary/aromatic N) is 4. The SMILES string of the molecule is O=C(c1ccc(CN2CC3CN(C(=O)O)C(N4C(=O)CCC4=O)C3C2)c(Cl)c1)N1CCCCC1. The second-order valence-electron chi connectivity index (χ2n) is 9.78. The van der Waals surface area contributed by atoms with Gasteiger partial charge in [-0.25, -0.2) is 4.79 Å². The highest BCUT2D eigenvalue weighted by molar-refractivity contribution is 6.31. The van der Waals surface area contributed by atoms with Gasteiger partial charge in [-0.1, -0.05) is 17.7 Å². The van der Waals surface area contributed by atoms with Crippen LogP contribution >= 0.6 is 11.6 Å². The fraction of sp³-hybridized carbons (Fsp3) is 0.583. The number of hydrogen-bond acceptors (Lipinski definition) is 5. The van der Waals surface area contributed by atoms with Crippen LogP contribution in [0.4, 0.5) is 4.79 Å². The van der Waals surface area contributed by atoms with E-state index in [1.807, 2.05) is 17.0 Å². The zero-order valence-corrected chi connectivity index (χ0v) is 19.7. The number of benzene rings is 1. The third kappa shape index (κ3) is 4.15. The minimum Gasteiger partial charge on any atom is -0.465 e. The number of piperidine rings is 1. The summed E-state index contributed by atoms with van der Waals surface area (Å²) in [6.07, 6.45) is 1.66. The van der Waals surface area contributed by atoms with Gasteiger partial charge >= 0.3 is 6.09 Å². The van der Waals surface area contributed by atoms with Gasteiger partial charge in [0.1, 0.15) is 6.17 Å². The first kappa shape index (κ1) is 23.1. The lowest BCUT2D eigenvalue weighted by atomic mass is 9.97. The largest absolute Gasteiger partial charge is 0.465 e. The third-order valence-electron chi connectivity index (χ3n) is 7.64. The summed E-state index contributed by atoms with van der Waals surface area (Å²) in [5.74, 6) is -0.656. The van der Waals surface area contributed by atoms with E-state index >= 15 is 0 Å². The summed E-state index contributed by atoms with van der Waals surface area (Å²) in [6.45, 7) is 3.66.